The molecule has 3 N–H and O–H groups in total. The Balaban J connectivity index is 2.06. The smallest absolute Gasteiger partial charge is 0.222 e. The standard InChI is InChI=1S/C16H20N4O3/c1-9-6-14(19-16(17)18-9)20-7-10-12(22-2)4-5-13(23-3)15(10)11(21)8-20/h4-6,11,21H,7-8H2,1-3H3,(H2,17,18,19)/t11-/m0/s1. The van der Waals surface area contributed by atoms with Crippen LogP contribution in [0.25, 0.3) is 0 Å². The Labute approximate surface area is 134 Å². The van der Waals surface area contributed by atoms with E-state index in [0.717, 1.165) is 16.8 Å². The topological polar surface area (TPSA) is 93.7 Å². The number of aromatic nitrogens is 2. The van der Waals surface area contributed by atoms with Gasteiger partial charge < -0.3 is 25.2 Å². The summed E-state index contributed by atoms with van der Waals surface area (Å²) in [5.74, 6) is 2.28. The van der Waals surface area contributed by atoms with Crippen molar-refractivity contribution >= 4 is 11.8 Å². The largest absolute Gasteiger partial charge is 0.496 e. The molecule has 23 heavy (non-hydrogen) atoms. The Hall–Kier alpha value is -2.54. The fourth-order valence-electron chi connectivity index (χ4n) is 2.99. The first-order chi connectivity index (χ1) is 11.0. The molecule has 1 aromatic heterocycles. The lowest BCUT2D eigenvalue weighted by Gasteiger charge is -2.34. The summed E-state index contributed by atoms with van der Waals surface area (Å²) >= 11 is 0. The van der Waals surface area contributed by atoms with E-state index in [4.69, 9.17) is 15.2 Å². The Morgan fingerprint density at radius 1 is 1.22 bits per heavy atom. The van der Waals surface area contributed by atoms with Gasteiger partial charge in [-0.3, -0.25) is 0 Å². The highest BCUT2D eigenvalue weighted by Gasteiger charge is 2.30. The van der Waals surface area contributed by atoms with Crippen molar-refractivity contribution in [1.29, 1.82) is 0 Å². The molecule has 7 heteroatoms. The molecule has 0 bridgehead atoms. The number of aryl methyl sites for hydroxylation is 1. The molecule has 122 valence electrons. The summed E-state index contributed by atoms with van der Waals surface area (Å²) in [6, 6.07) is 5.50. The van der Waals surface area contributed by atoms with E-state index in [1.165, 1.54) is 0 Å². The first kappa shape index (κ1) is 15.4. The minimum absolute atomic E-state index is 0.220. The van der Waals surface area contributed by atoms with Gasteiger partial charge in [0.05, 0.1) is 20.8 Å². The van der Waals surface area contributed by atoms with E-state index in [-0.39, 0.29) is 5.95 Å². The third-order valence-corrected chi connectivity index (χ3v) is 3.97. The lowest BCUT2D eigenvalue weighted by atomic mass is 9.95. The number of nitrogen functional groups attached to an aromatic ring is 1. The average Bonchev–Trinajstić information content (AvgIpc) is 2.52. The summed E-state index contributed by atoms with van der Waals surface area (Å²) in [5.41, 5.74) is 8.18. The Bertz CT molecular complexity index is 715. The van der Waals surface area contributed by atoms with Gasteiger partial charge >= 0.3 is 0 Å². The number of methoxy groups -OCH3 is 2. The number of nitrogens with zero attached hydrogens (tertiary/aromatic N) is 3. The number of nitrogens with two attached hydrogens (primary N) is 1. The van der Waals surface area contributed by atoms with Crippen LogP contribution in [0.3, 0.4) is 0 Å². The number of anilines is 2. The second-order valence-corrected chi connectivity index (χ2v) is 5.48. The summed E-state index contributed by atoms with van der Waals surface area (Å²) < 4.78 is 10.8. The van der Waals surface area contributed by atoms with Gasteiger partial charge in [0.2, 0.25) is 5.95 Å². The molecule has 0 saturated carbocycles. The highest BCUT2D eigenvalue weighted by molar-refractivity contribution is 5.56. The number of fused-ring (bicyclic) bond motifs is 1. The Morgan fingerprint density at radius 2 is 1.91 bits per heavy atom. The highest BCUT2D eigenvalue weighted by Crippen LogP contribution is 2.40. The summed E-state index contributed by atoms with van der Waals surface area (Å²) in [6.07, 6.45) is -0.708. The van der Waals surface area contributed by atoms with Gasteiger partial charge in [-0.15, -0.1) is 0 Å². The van der Waals surface area contributed by atoms with E-state index in [9.17, 15) is 5.11 Å². The van der Waals surface area contributed by atoms with Crippen LogP contribution < -0.4 is 20.1 Å². The number of rotatable bonds is 3. The van der Waals surface area contributed by atoms with Gasteiger partial charge in [-0.05, 0) is 19.1 Å². The zero-order valence-corrected chi connectivity index (χ0v) is 13.4. The minimum atomic E-state index is -0.708. The predicted octanol–water partition coefficient (Wildman–Crippen LogP) is 1.44. The van der Waals surface area contributed by atoms with E-state index in [0.29, 0.717) is 30.4 Å². The second kappa shape index (κ2) is 5.92. The van der Waals surface area contributed by atoms with E-state index in [1.54, 1.807) is 14.2 Å². The Kier molecular flexibility index (Phi) is 3.96. The van der Waals surface area contributed by atoms with Crippen molar-refractivity contribution in [3.8, 4) is 11.5 Å². The van der Waals surface area contributed by atoms with Crippen LogP contribution in [-0.2, 0) is 6.54 Å². The highest BCUT2D eigenvalue weighted by atomic mass is 16.5. The SMILES string of the molecule is COc1ccc(OC)c2c1CN(c1cc(C)nc(N)n1)C[C@@H]2O. The van der Waals surface area contributed by atoms with E-state index >= 15 is 0 Å². The molecular weight excluding hydrogens is 296 g/mol. The van der Waals surface area contributed by atoms with E-state index in [2.05, 4.69) is 9.97 Å². The zero-order chi connectivity index (χ0) is 16.6. The van der Waals surface area contributed by atoms with Crippen LogP contribution in [0.15, 0.2) is 18.2 Å². The van der Waals surface area contributed by atoms with Crippen LogP contribution in [0.2, 0.25) is 0 Å². The van der Waals surface area contributed by atoms with Crippen LogP contribution in [0.5, 0.6) is 11.5 Å². The molecule has 0 amide bonds. The molecule has 2 aromatic rings. The van der Waals surface area contributed by atoms with Crippen molar-refractivity contribution in [1.82, 2.24) is 9.97 Å². The van der Waals surface area contributed by atoms with E-state index < -0.39 is 6.10 Å². The van der Waals surface area contributed by atoms with Crippen molar-refractivity contribution in [3.05, 3.63) is 35.0 Å². The number of hydrogen-bond acceptors (Lipinski definition) is 7. The predicted molar refractivity (Wildman–Crippen MR) is 86.7 cm³/mol. The van der Waals surface area contributed by atoms with Gasteiger partial charge in [0, 0.05) is 29.4 Å². The molecule has 1 aliphatic heterocycles. The molecule has 0 aliphatic carbocycles. The molecule has 0 radical (unpaired) electrons. The molecule has 1 aliphatic rings. The maximum atomic E-state index is 10.6. The van der Waals surface area contributed by atoms with Crippen LogP contribution in [0.1, 0.15) is 22.9 Å². The summed E-state index contributed by atoms with van der Waals surface area (Å²) in [6.45, 7) is 2.80. The van der Waals surface area contributed by atoms with Gasteiger partial charge in [-0.25, -0.2) is 4.98 Å². The normalized spacial score (nSPS) is 16.9. The number of β-amino-alcohol motifs (C(OH)–C–C–N with tert-alkyl or cyclic N) is 1. The van der Waals surface area contributed by atoms with Crippen LogP contribution in [0.4, 0.5) is 11.8 Å². The molecule has 1 aromatic carbocycles. The molecule has 7 nitrogen and oxygen atoms in total. The number of hydrogen-bond donors (Lipinski definition) is 2. The Morgan fingerprint density at radius 3 is 2.57 bits per heavy atom. The van der Waals surface area contributed by atoms with Crippen molar-refractivity contribution < 1.29 is 14.6 Å². The molecule has 2 heterocycles. The monoisotopic (exact) mass is 316 g/mol. The number of ether oxygens (including phenoxy) is 2. The van der Waals surface area contributed by atoms with E-state index in [1.807, 2.05) is 30.0 Å². The van der Waals surface area contributed by atoms with Crippen molar-refractivity contribution in [2.75, 3.05) is 31.4 Å². The van der Waals surface area contributed by atoms with Gasteiger partial charge in [-0.2, -0.15) is 4.98 Å². The maximum absolute atomic E-state index is 10.6. The lowest BCUT2D eigenvalue weighted by molar-refractivity contribution is 0.169. The quantitative estimate of drug-likeness (QED) is 0.885. The lowest BCUT2D eigenvalue weighted by Crippen LogP contribution is -2.35. The summed E-state index contributed by atoms with van der Waals surface area (Å²) in [4.78, 5) is 10.3. The zero-order valence-electron chi connectivity index (χ0n) is 13.4. The van der Waals surface area contributed by atoms with Gasteiger partial charge in [0.15, 0.2) is 0 Å². The molecule has 0 saturated heterocycles. The average molecular weight is 316 g/mol. The molecule has 0 spiro atoms. The second-order valence-electron chi connectivity index (χ2n) is 5.48. The molecule has 0 unspecified atom stereocenters. The third-order valence-electron chi connectivity index (χ3n) is 3.97. The van der Waals surface area contributed by atoms with Crippen LogP contribution in [0, 0.1) is 6.92 Å². The summed E-state index contributed by atoms with van der Waals surface area (Å²) in [5, 5.41) is 10.6. The molecular formula is C16H20N4O3. The van der Waals surface area contributed by atoms with Gasteiger partial charge in [-0.1, -0.05) is 0 Å². The van der Waals surface area contributed by atoms with Crippen LogP contribution >= 0.6 is 0 Å². The van der Waals surface area contributed by atoms with Gasteiger partial charge in [0.1, 0.15) is 23.4 Å². The van der Waals surface area contributed by atoms with Crippen molar-refractivity contribution in [2.24, 2.45) is 0 Å². The first-order valence-electron chi connectivity index (χ1n) is 7.31. The molecule has 3 rings (SSSR count). The maximum Gasteiger partial charge on any atom is 0.222 e. The van der Waals surface area contributed by atoms with Crippen molar-refractivity contribution in [3.63, 3.8) is 0 Å². The fourth-order valence-corrected chi connectivity index (χ4v) is 2.99. The first-order valence-corrected chi connectivity index (χ1v) is 7.31. The fraction of sp³-hybridized carbons (Fsp3) is 0.375. The number of aliphatic hydroxyl groups is 1. The number of aliphatic hydroxyl groups excluding tert-OH is 1. The van der Waals surface area contributed by atoms with Crippen LogP contribution in [-0.4, -0.2) is 35.8 Å². The third kappa shape index (κ3) is 2.75. The number of benzene rings is 1. The molecule has 1 atom stereocenters. The van der Waals surface area contributed by atoms with Gasteiger partial charge in [0.25, 0.3) is 0 Å². The van der Waals surface area contributed by atoms with Crippen molar-refractivity contribution in [2.45, 2.75) is 19.6 Å². The minimum Gasteiger partial charge on any atom is -0.496 e. The summed E-state index contributed by atoms with van der Waals surface area (Å²) in [7, 11) is 3.20. The molecule has 0 fully saturated rings.